The number of esters is 2. The minimum atomic E-state index is -0.457. The molecule has 3 aliphatic carbocycles. The summed E-state index contributed by atoms with van der Waals surface area (Å²) in [5, 5.41) is 4.99. The molecule has 0 aromatic heterocycles. The first kappa shape index (κ1) is 33.0. The third-order valence-corrected chi connectivity index (χ3v) is 6.90. The Labute approximate surface area is 226 Å². The number of rotatable bonds is 12. The lowest BCUT2D eigenvalue weighted by Gasteiger charge is -2.23. The Morgan fingerprint density at radius 3 is 1.50 bits per heavy atom. The Balaban J connectivity index is 0.000000287. The summed E-state index contributed by atoms with van der Waals surface area (Å²) in [6.07, 6.45) is 11.9. The fourth-order valence-corrected chi connectivity index (χ4v) is 5.37. The van der Waals surface area contributed by atoms with Gasteiger partial charge < -0.3 is 29.6 Å². The number of hydrogen-bond acceptors (Lipinski definition) is 8. The molecule has 0 spiro atoms. The molecule has 3 rings (SSSR count). The lowest BCUT2D eigenvalue weighted by molar-refractivity contribution is -0.138. The van der Waals surface area contributed by atoms with E-state index in [2.05, 4.69) is 42.7 Å². The molecule has 2 N–H and O–H groups in total. The van der Waals surface area contributed by atoms with Crippen LogP contribution >= 0.6 is 0 Å². The van der Waals surface area contributed by atoms with E-state index in [-0.39, 0.29) is 13.2 Å². The summed E-state index contributed by atoms with van der Waals surface area (Å²) in [6.45, 7) is 12.0. The molecule has 10 heteroatoms. The van der Waals surface area contributed by atoms with Crippen LogP contribution in [0.15, 0.2) is 25.3 Å². The largest absolute Gasteiger partial charge is 0.462 e. The lowest BCUT2D eigenvalue weighted by atomic mass is 9.82. The van der Waals surface area contributed by atoms with Crippen LogP contribution in [0.3, 0.4) is 0 Å². The maximum absolute atomic E-state index is 10.7. The van der Waals surface area contributed by atoms with Crippen LogP contribution in [0.2, 0.25) is 0 Å². The Morgan fingerprint density at radius 2 is 1.13 bits per heavy atom. The summed E-state index contributed by atoms with van der Waals surface area (Å²) in [7, 11) is 0. The summed E-state index contributed by atoms with van der Waals surface area (Å²) >= 11 is 0. The minimum absolute atomic E-state index is 0.261. The highest BCUT2D eigenvalue weighted by Gasteiger charge is 2.48. The van der Waals surface area contributed by atoms with Gasteiger partial charge in [0.1, 0.15) is 0 Å². The third kappa shape index (κ3) is 13.5. The molecule has 3 saturated carbocycles. The maximum atomic E-state index is 10.7. The average Bonchev–Trinajstić information content (AvgIpc) is 3.65. The summed E-state index contributed by atoms with van der Waals surface area (Å²) in [4.78, 5) is 42.6. The van der Waals surface area contributed by atoms with E-state index in [1.165, 1.54) is 23.7 Å². The van der Waals surface area contributed by atoms with E-state index in [0.29, 0.717) is 39.1 Å². The lowest BCUT2D eigenvalue weighted by Crippen LogP contribution is -2.26. The second-order valence-electron chi connectivity index (χ2n) is 9.34. The average molecular weight is 539 g/mol. The van der Waals surface area contributed by atoms with Gasteiger partial charge in [-0.15, -0.1) is 0 Å². The van der Waals surface area contributed by atoms with Crippen molar-refractivity contribution in [2.45, 2.75) is 65.2 Å². The molecule has 10 nitrogen and oxygen atoms in total. The van der Waals surface area contributed by atoms with Gasteiger partial charge in [-0.3, -0.25) is 0 Å². The van der Waals surface area contributed by atoms with Gasteiger partial charge in [-0.05, 0) is 82.5 Å². The van der Waals surface area contributed by atoms with Crippen LogP contribution in [0.25, 0.3) is 0 Å². The number of carbonyl (C=O) groups is 4. The first-order valence-corrected chi connectivity index (χ1v) is 13.8. The van der Waals surface area contributed by atoms with Crippen LogP contribution in [0.4, 0.5) is 9.59 Å². The maximum Gasteiger partial charge on any atom is 0.407 e. The number of hydrogen-bond donors (Lipinski definition) is 2. The first-order chi connectivity index (χ1) is 18.4. The van der Waals surface area contributed by atoms with Gasteiger partial charge in [-0.2, -0.15) is 0 Å². The molecular formula is C28H46N2O8. The highest BCUT2D eigenvalue weighted by Crippen LogP contribution is 2.58. The zero-order valence-electron chi connectivity index (χ0n) is 23.0. The molecule has 2 amide bonds. The van der Waals surface area contributed by atoms with Crippen LogP contribution in [0, 0.1) is 23.7 Å². The topological polar surface area (TPSA) is 129 Å². The van der Waals surface area contributed by atoms with E-state index in [4.69, 9.17) is 0 Å². The minimum Gasteiger partial charge on any atom is -0.462 e. The number of ether oxygens (including phenoxy) is 4. The summed E-state index contributed by atoms with van der Waals surface area (Å²) in [6, 6.07) is 0. The smallest absolute Gasteiger partial charge is 0.407 e. The molecule has 0 aromatic rings. The van der Waals surface area contributed by atoms with E-state index < -0.39 is 24.1 Å². The Bertz CT molecular complexity index is 697. The molecule has 0 heterocycles. The van der Waals surface area contributed by atoms with Crippen molar-refractivity contribution < 1.29 is 38.1 Å². The van der Waals surface area contributed by atoms with E-state index in [9.17, 15) is 19.2 Å². The van der Waals surface area contributed by atoms with Gasteiger partial charge in [0.2, 0.25) is 0 Å². The Kier molecular flexibility index (Phi) is 17.4. The zero-order chi connectivity index (χ0) is 28.2. The molecule has 3 fully saturated rings. The van der Waals surface area contributed by atoms with Crippen molar-refractivity contribution in [2.24, 2.45) is 23.7 Å². The summed E-state index contributed by atoms with van der Waals surface area (Å²) in [5.41, 5.74) is 0. The van der Waals surface area contributed by atoms with Gasteiger partial charge >= 0.3 is 24.1 Å². The van der Waals surface area contributed by atoms with Crippen molar-refractivity contribution in [3.8, 4) is 0 Å². The summed E-state index contributed by atoms with van der Waals surface area (Å²) < 4.78 is 18.6. The normalized spacial score (nSPS) is 21.7. The molecule has 0 saturated heterocycles. The molecule has 3 aliphatic rings. The van der Waals surface area contributed by atoms with Gasteiger partial charge in [0.05, 0.1) is 26.4 Å². The van der Waals surface area contributed by atoms with Crippen LogP contribution in [-0.2, 0) is 28.5 Å². The van der Waals surface area contributed by atoms with Crippen molar-refractivity contribution in [3.05, 3.63) is 25.3 Å². The predicted molar refractivity (Wildman–Crippen MR) is 143 cm³/mol. The van der Waals surface area contributed by atoms with Crippen molar-refractivity contribution >= 4 is 24.1 Å². The third-order valence-electron chi connectivity index (χ3n) is 6.90. The fraction of sp³-hybridized carbons (Fsp3) is 0.714. The van der Waals surface area contributed by atoms with Crippen molar-refractivity contribution in [1.82, 2.24) is 10.6 Å². The molecule has 4 unspecified atom stereocenters. The van der Waals surface area contributed by atoms with Gasteiger partial charge in [0.25, 0.3) is 0 Å². The quantitative estimate of drug-likeness (QED) is 0.160. The zero-order valence-corrected chi connectivity index (χ0v) is 23.0. The van der Waals surface area contributed by atoms with Gasteiger partial charge in [-0.1, -0.05) is 19.6 Å². The number of fused-ring (bicyclic) bond motifs is 5. The van der Waals surface area contributed by atoms with Crippen molar-refractivity contribution in [1.29, 1.82) is 0 Å². The summed E-state index contributed by atoms with van der Waals surface area (Å²) in [5.74, 6) is 3.88. The van der Waals surface area contributed by atoms with Gasteiger partial charge in [0, 0.05) is 25.2 Å². The second-order valence-corrected chi connectivity index (χ2v) is 9.34. The number of amides is 2. The highest BCUT2D eigenvalue weighted by atomic mass is 16.6. The van der Waals surface area contributed by atoms with Crippen LogP contribution in [-0.4, -0.2) is 63.6 Å². The molecule has 216 valence electrons. The number of nitrogens with one attached hydrogen (secondary N) is 2. The monoisotopic (exact) mass is 538 g/mol. The van der Waals surface area contributed by atoms with E-state index in [1.54, 1.807) is 52.4 Å². The van der Waals surface area contributed by atoms with E-state index in [0.717, 1.165) is 12.2 Å². The van der Waals surface area contributed by atoms with Gasteiger partial charge in [-0.25, -0.2) is 19.2 Å². The van der Waals surface area contributed by atoms with Crippen LogP contribution in [0.1, 0.15) is 65.2 Å². The standard InChI is InChI=1S/C10H16.2C9H15NO4/c1-2-9-7-4-5-8(6-7)10(9)3-1;2*1-3-8(11)14-7-5-6-10-9(12)13-4-2/h7-10H,1-6H2;2*3H,1,4-7H2,2H3,(H,10,12). The molecular weight excluding hydrogens is 492 g/mol. The molecule has 2 bridgehead atoms. The Morgan fingerprint density at radius 1 is 0.711 bits per heavy atom. The molecule has 38 heavy (non-hydrogen) atoms. The second kappa shape index (κ2) is 20.0. The molecule has 0 radical (unpaired) electrons. The van der Waals surface area contributed by atoms with Crippen LogP contribution in [0.5, 0.6) is 0 Å². The van der Waals surface area contributed by atoms with Gasteiger partial charge in [0.15, 0.2) is 0 Å². The number of alkyl carbamates (subject to hydrolysis) is 2. The molecule has 0 aromatic carbocycles. The Hall–Kier alpha value is -3.04. The number of carbonyl (C=O) groups excluding carboxylic acids is 4. The van der Waals surface area contributed by atoms with E-state index in [1.807, 2.05) is 0 Å². The predicted octanol–water partition coefficient (Wildman–Crippen LogP) is 4.54. The van der Waals surface area contributed by atoms with E-state index >= 15 is 0 Å². The SMILES string of the molecule is C1CC2C3CCC(C3)C2C1.C=CC(=O)OCCCNC(=O)OCC.C=CC(=O)OCCCNC(=O)OCC. The first-order valence-electron chi connectivity index (χ1n) is 13.8. The highest BCUT2D eigenvalue weighted by molar-refractivity contribution is 5.81. The van der Waals surface area contributed by atoms with Crippen molar-refractivity contribution in [3.63, 3.8) is 0 Å². The molecule has 0 aliphatic heterocycles. The fourth-order valence-electron chi connectivity index (χ4n) is 5.37. The van der Waals surface area contributed by atoms with Crippen molar-refractivity contribution in [2.75, 3.05) is 39.5 Å². The molecule has 4 atom stereocenters. The van der Waals surface area contributed by atoms with Crippen LogP contribution < -0.4 is 10.6 Å².